The molecule has 0 saturated heterocycles. The zero-order chi connectivity index (χ0) is 22.1. The minimum absolute atomic E-state index is 0.0768. The molecule has 32 heavy (non-hydrogen) atoms. The first-order valence-electron chi connectivity index (χ1n) is 10.4. The Hall–Kier alpha value is -3.65. The molecule has 160 valence electrons. The third-order valence-electron chi connectivity index (χ3n) is 5.28. The maximum atomic E-state index is 12.4. The number of hydrogen-bond acceptors (Lipinski definition) is 5. The van der Waals surface area contributed by atoms with Crippen LogP contribution in [0.25, 0.3) is 22.4 Å². The minimum atomic E-state index is -0.0768. The van der Waals surface area contributed by atoms with Gasteiger partial charge < -0.3 is 5.32 Å². The second kappa shape index (κ2) is 8.47. The fourth-order valence-electron chi connectivity index (χ4n) is 3.55. The monoisotopic (exact) mass is 442 g/mol. The van der Waals surface area contributed by atoms with E-state index in [9.17, 15) is 4.79 Å². The van der Waals surface area contributed by atoms with Gasteiger partial charge in [0.15, 0.2) is 10.8 Å². The van der Waals surface area contributed by atoms with E-state index in [1.807, 2.05) is 47.1 Å². The maximum absolute atomic E-state index is 12.4. The van der Waals surface area contributed by atoms with Gasteiger partial charge in [-0.15, -0.1) is 10.2 Å². The average Bonchev–Trinajstić information content (AvgIpc) is 3.42. The van der Waals surface area contributed by atoms with E-state index in [4.69, 9.17) is 0 Å². The highest BCUT2D eigenvalue weighted by molar-refractivity contribution is 7.99. The molecule has 3 heterocycles. The van der Waals surface area contributed by atoms with Crippen molar-refractivity contribution >= 4 is 34.5 Å². The standard InChI is InChI=1S/C24H22N6OS/c1-3-17-5-4-6-19(13-17)25-22(31)15-32-24-27-26-23-21-14-20(18-9-7-16(2)8-10-18)28-30(21)12-11-29(23)24/h4-14H,3,15H2,1-2H3,(H,25,31). The number of rotatable bonds is 6. The number of hydrogen-bond donors (Lipinski definition) is 1. The molecule has 1 amide bonds. The number of nitrogens with zero attached hydrogens (tertiary/aromatic N) is 5. The van der Waals surface area contributed by atoms with Gasteiger partial charge in [-0.25, -0.2) is 4.52 Å². The van der Waals surface area contributed by atoms with Gasteiger partial charge >= 0.3 is 0 Å². The number of thioether (sulfide) groups is 1. The molecule has 0 aliphatic heterocycles. The molecular formula is C24H22N6OS. The summed E-state index contributed by atoms with van der Waals surface area (Å²) in [4.78, 5) is 12.4. The highest BCUT2D eigenvalue weighted by atomic mass is 32.2. The van der Waals surface area contributed by atoms with Gasteiger partial charge in [0, 0.05) is 23.6 Å². The van der Waals surface area contributed by atoms with E-state index >= 15 is 0 Å². The van der Waals surface area contributed by atoms with Crippen LogP contribution in [0.2, 0.25) is 0 Å². The van der Waals surface area contributed by atoms with E-state index in [1.54, 1.807) is 4.52 Å². The lowest BCUT2D eigenvalue weighted by Gasteiger charge is -2.06. The molecule has 3 aromatic heterocycles. The minimum Gasteiger partial charge on any atom is -0.325 e. The van der Waals surface area contributed by atoms with Gasteiger partial charge in [0.25, 0.3) is 0 Å². The van der Waals surface area contributed by atoms with Crippen molar-refractivity contribution in [2.75, 3.05) is 11.1 Å². The molecule has 0 aliphatic rings. The molecule has 1 N–H and O–H groups in total. The summed E-state index contributed by atoms with van der Waals surface area (Å²) in [7, 11) is 0. The van der Waals surface area contributed by atoms with Gasteiger partial charge in [-0.1, -0.05) is 60.6 Å². The summed E-state index contributed by atoms with van der Waals surface area (Å²) in [5, 5.41) is 16.9. The molecule has 8 heteroatoms. The molecule has 0 atom stereocenters. The van der Waals surface area contributed by atoms with Crippen molar-refractivity contribution in [3.05, 3.63) is 78.1 Å². The smallest absolute Gasteiger partial charge is 0.234 e. The van der Waals surface area contributed by atoms with Crippen molar-refractivity contribution in [1.82, 2.24) is 24.2 Å². The van der Waals surface area contributed by atoms with Crippen molar-refractivity contribution in [1.29, 1.82) is 0 Å². The van der Waals surface area contributed by atoms with Crippen LogP contribution in [0, 0.1) is 6.92 Å². The van der Waals surface area contributed by atoms with Crippen molar-refractivity contribution in [3.63, 3.8) is 0 Å². The third-order valence-corrected chi connectivity index (χ3v) is 6.23. The number of fused-ring (bicyclic) bond motifs is 3. The summed E-state index contributed by atoms with van der Waals surface area (Å²) in [6.07, 6.45) is 4.68. The maximum Gasteiger partial charge on any atom is 0.234 e. The Morgan fingerprint density at radius 1 is 1.06 bits per heavy atom. The number of nitrogens with one attached hydrogen (secondary N) is 1. The van der Waals surface area contributed by atoms with Crippen molar-refractivity contribution in [3.8, 4) is 11.3 Å². The van der Waals surface area contributed by atoms with Crippen LogP contribution < -0.4 is 5.32 Å². The summed E-state index contributed by atoms with van der Waals surface area (Å²) in [6.45, 7) is 4.16. The summed E-state index contributed by atoms with van der Waals surface area (Å²) < 4.78 is 3.70. The van der Waals surface area contributed by atoms with Crippen molar-refractivity contribution in [2.24, 2.45) is 0 Å². The molecule has 0 unspecified atom stereocenters. The van der Waals surface area contributed by atoms with E-state index in [0.29, 0.717) is 10.8 Å². The van der Waals surface area contributed by atoms with E-state index in [1.165, 1.54) is 22.9 Å². The van der Waals surface area contributed by atoms with Crippen LogP contribution in [0.1, 0.15) is 18.1 Å². The number of anilines is 1. The molecule has 5 rings (SSSR count). The summed E-state index contributed by atoms with van der Waals surface area (Å²) in [5.74, 6) is 0.169. The Kier molecular flexibility index (Phi) is 5.36. The van der Waals surface area contributed by atoms with Gasteiger partial charge in [-0.2, -0.15) is 5.10 Å². The van der Waals surface area contributed by atoms with Gasteiger partial charge in [-0.05, 0) is 37.1 Å². The van der Waals surface area contributed by atoms with Crippen molar-refractivity contribution < 1.29 is 4.79 Å². The Morgan fingerprint density at radius 3 is 2.72 bits per heavy atom. The molecule has 5 aromatic rings. The highest BCUT2D eigenvalue weighted by Gasteiger charge is 2.14. The van der Waals surface area contributed by atoms with Crippen LogP contribution in [0.15, 0.2) is 72.1 Å². The van der Waals surface area contributed by atoms with Crippen LogP contribution in [-0.2, 0) is 11.2 Å². The number of benzene rings is 2. The zero-order valence-electron chi connectivity index (χ0n) is 17.8. The van der Waals surface area contributed by atoms with Gasteiger partial charge in [-0.3, -0.25) is 9.20 Å². The van der Waals surface area contributed by atoms with Gasteiger partial charge in [0.1, 0.15) is 5.52 Å². The molecule has 0 radical (unpaired) electrons. The van der Waals surface area contributed by atoms with Crippen LogP contribution >= 0.6 is 11.8 Å². The Morgan fingerprint density at radius 2 is 1.91 bits per heavy atom. The molecule has 0 spiro atoms. The molecular weight excluding hydrogens is 420 g/mol. The quantitative estimate of drug-likeness (QED) is 0.388. The Bertz CT molecular complexity index is 1420. The van der Waals surface area contributed by atoms with Crippen LogP contribution in [0.5, 0.6) is 0 Å². The average molecular weight is 443 g/mol. The second-order valence-corrected chi connectivity index (χ2v) is 8.53. The number of carbonyl (C=O) groups is 1. The first-order valence-corrected chi connectivity index (χ1v) is 11.4. The first kappa shape index (κ1) is 20.3. The topological polar surface area (TPSA) is 76.6 Å². The number of carbonyl (C=O) groups excluding carboxylic acids is 1. The number of amides is 1. The lowest BCUT2D eigenvalue weighted by Crippen LogP contribution is -2.14. The number of aryl methyl sites for hydroxylation is 2. The predicted molar refractivity (Wildman–Crippen MR) is 127 cm³/mol. The summed E-state index contributed by atoms with van der Waals surface area (Å²) >= 11 is 1.35. The first-order chi connectivity index (χ1) is 15.6. The highest BCUT2D eigenvalue weighted by Crippen LogP contribution is 2.24. The summed E-state index contributed by atoms with van der Waals surface area (Å²) in [6, 6.07) is 18.2. The third kappa shape index (κ3) is 3.97. The lowest BCUT2D eigenvalue weighted by atomic mass is 10.1. The molecule has 2 aromatic carbocycles. The molecule has 0 saturated carbocycles. The SMILES string of the molecule is CCc1cccc(NC(=O)CSc2nnc3c4cc(-c5ccc(C)cc5)nn4ccn23)c1. The van der Waals surface area contributed by atoms with E-state index < -0.39 is 0 Å². The van der Waals surface area contributed by atoms with E-state index in [-0.39, 0.29) is 11.7 Å². The van der Waals surface area contributed by atoms with Crippen molar-refractivity contribution in [2.45, 2.75) is 25.4 Å². The molecule has 7 nitrogen and oxygen atoms in total. The van der Waals surface area contributed by atoms with Crippen LogP contribution in [0.3, 0.4) is 0 Å². The fraction of sp³-hybridized carbons (Fsp3) is 0.167. The molecule has 0 bridgehead atoms. The molecule has 0 fully saturated rings. The fourth-order valence-corrected chi connectivity index (χ4v) is 4.27. The predicted octanol–water partition coefficient (Wildman–Crippen LogP) is 4.65. The Balaban J connectivity index is 1.35. The zero-order valence-corrected chi connectivity index (χ0v) is 18.6. The lowest BCUT2D eigenvalue weighted by molar-refractivity contribution is -0.113. The van der Waals surface area contributed by atoms with Gasteiger partial charge in [0.05, 0.1) is 11.4 Å². The molecule has 0 aliphatic carbocycles. The number of aromatic nitrogens is 5. The second-order valence-electron chi connectivity index (χ2n) is 7.59. The largest absolute Gasteiger partial charge is 0.325 e. The summed E-state index contributed by atoms with van der Waals surface area (Å²) in [5.41, 5.74) is 6.71. The van der Waals surface area contributed by atoms with Crippen LogP contribution in [-0.4, -0.2) is 35.9 Å². The normalized spacial score (nSPS) is 11.3. The van der Waals surface area contributed by atoms with Gasteiger partial charge in [0.2, 0.25) is 5.91 Å². The van der Waals surface area contributed by atoms with E-state index in [0.717, 1.165) is 28.9 Å². The van der Waals surface area contributed by atoms with Crippen LogP contribution in [0.4, 0.5) is 5.69 Å². The Labute approximate surface area is 189 Å². The van der Waals surface area contributed by atoms with E-state index in [2.05, 4.69) is 58.7 Å².